The van der Waals surface area contributed by atoms with E-state index in [4.69, 9.17) is 16.3 Å². The first-order valence-corrected chi connectivity index (χ1v) is 4.56. The molecule has 0 unspecified atom stereocenters. The van der Waals surface area contributed by atoms with E-state index in [1.165, 1.54) is 19.1 Å². The largest absolute Gasteiger partial charge is 0.422 e. The SMILES string of the molecule is C=C(C)C(=O)Oc1ccccc1C(=O)Cl. The Labute approximate surface area is 92.3 Å². The minimum Gasteiger partial charge on any atom is -0.422 e. The summed E-state index contributed by atoms with van der Waals surface area (Å²) in [4.78, 5) is 22.2. The number of esters is 1. The van der Waals surface area contributed by atoms with E-state index in [1.807, 2.05) is 0 Å². The minimum atomic E-state index is -0.667. The highest BCUT2D eigenvalue weighted by Gasteiger charge is 2.12. The van der Waals surface area contributed by atoms with Gasteiger partial charge in [0.15, 0.2) is 0 Å². The maximum atomic E-state index is 11.2. The standard InChI is InChI=1S/C11H9ClO3/c1-7(2)11(14)15-9-6-4-3-5-8(9)10(12)13/h3-6H,1H2,2H3. The lowest BCUT2D eigenvalue weighted by Gasteiger charge is -2.06. The van der Waals surface area contributed by atoms with E-state index in [0.717, 1.165) is 0 Å². The van der Waals surface area contributed by atoms with E-state index in [9.17, 15) is 9.59 Å². The first kappa shape index (κ1) is 11.5. The van der Waals surface area contributed by atoms with E-state index >= 15 is 0 Å². The van der Waals surface area contributed by atoms with E-state index in [0.29, 0.717) is 0 Å². The number of para-hydroxylation sites is 1. The van der Waals surface area contributed by atoms with Crippen molar-refractivity contribution < 1.29 is 14.3 Å². The molecule has 0 fully saturated rings. The molecule has 78 valence electrons. The van der Waals surface area contributed by atoms with Crippen molar-refractivity contribution in [1.82, 2.24) is 0 Å². The highest BCUT2D eigenvalue weighted by atomic mass is 35.5. The van der Waals surface area contributed by atoms with Gasteiger partial charge in [-0.25, -0.2) is 4.79 Å². The number of hydrogen-bond acceptors (Lipinski definition) is 3. The van der Waals surface area contributed by atoms with E-state index in [2.05, 4.69) is 6.58 Å². The lowest BCUT2D eigenvalue weighted by molar-refractivity contribution is -0.130. The number of ether oxygens (including phenoxy) is 1. The van der Waals surface area contributed by atoms with Crippen LogP contribution in [0.15, 0.2) is 36.4 Å². The second-order valence-electron chi connectivity index (χ2n) is 2.94. The van der Waals surface area contributed by atoms with Crippen LogP contribution < -0.4 is 4.74 Å². The molecule has 15 heavy (non-hydrogen) atoms. The molecule has 0 saturated heterocycles. The van der Waals surface area contributed by atoms with Gasteiger partial charge in [0.2, 0.25) is 0 Å². The maximum Gasteiger partial charge on any atom is 0.338 e. The van der Waals surface area contributed by atoms with Gasteiger partial charge in [-0.05, 0) is 30.7 Å². The molecule has 0 atom stereocenters. The van der Waals surface area contributed by atoms with Crippen molar-refractivity contribution >= 4 is 22.8 Å². The Balaban J connectivity index is 2.99. The van der Waals surface area contributed by atoms with Gasteiger partial charge in [-0.2, -0.15) is 0 Å². The summed E-state index contributed by atoms with van der Waals surface area (Å²) >= 11 is 5.32. The normalized spacial score (nSPS) is 9.47. The summed E-state index contributed by atoms with van der Waals surface area (Å²) < 4.78 is 4.92. The lowest BCUT2D eigenvalue weighted by Crippen LogP contribution is -2.10. The van der Waals surface area contributed by atoms with Gasteiger partial charge in [0.25, 0.3) is 5.24 Å². The van der Waals surface area contributed by atoms with Gasteiger partial charge in [0.05, 0.1) is 5.56 Å². The summed E-state index contributed by atoms with van der Waals surface area (Å²) in [6.07, 6.45) is 0. The molecular formula is C11H9ClO3. The Morgan fingerprint density at radius 1 is 1.33 bits per heavy atom. The molecule has 0 heterocycles. The van der Waals surface area contributed by atoms with Gasteiger partial charge in [0.1, 0.15) is 5.75 Å². The highest BCUT2D eigenvalue weighted by molar-refractivity contribution is 6.68. The zero-order valence-corrected chi connectivity index (χ0v) is 8.88. The van der Waals surface area contributed by atoms with Crippen molar-refractivity contribution in [3.05, 3.63) is 42.0 Å². The highest BCUT2D eigenvalue weighted by Crippen LogP contribution is 2.20. The second-order valence-corrected chi connectivity index (χ2v) is 3.28. The van der Waals surface area contributed by atoms with Gasteiger partial charge in [0, 0.05) is 5.57 Å². The molecule has 3 nitrogen and oxygen atoms in total. The summed E-state index contributed by atoms with van der Waals surface area (Å²) in [7, 11) is 0. The summed E-state index contributed by atoms with van der Waals surface area (Å²) in [5.41, 5.74) is 0.417. The maximum absolute atomic E-state index is 11.2. The molecule has 0 aliphatic carbocycles. The van der Waals surface area contributed by atoms with Crippen LogP contribution in [0.3, 0.4) is 0 Å². The van der Waals surface area contributed by atoms with Crippen molar-refractivity contribution in [2.75, 3.05) is 0 Å². The van der Waals surface area contributed by atoms with Crippen LogP contribution in [0.1, 0.15) is 17.3 Å². The van der Waals surface area contributed by atoms with Gasteiger partial charge in [-0.15, -0.1) is 0 Å². The number of carbonyl (C=O) groups is 2. The van der Waals surface area contributed by atoms with Crippen molar-refractivity contribution in [3.63, 3.8) is 0 Å². The van der Waals surface area contributed by atoms with Crippen LogP contribution in [0.5, 0.6) is 5.75 Å². The van der Waals surface area contributed by atoms with Crippen LogP contribution in [-0.2, 0) is 4.79 Å². The van der Waals surface area contributed by atoms with Crippen LogP contribution in [0.4, 0.5) is 0 Å². The first-order valence-electron chi connectivity index (χ1n) is 4.19. The molecule has 1 aromatic rings. The minimum absolute atomic E-state index is 0.144. The summed E-state index contributed by atoms with van der Waals surface area (Å²) in [6.45, 7) is 4.95. The predicted molar refractivity (Wildman–Crippen MR) is 57.1 cm³/mol. The average Bonchev–Trinajstić information content (AvgIpc) is 2.18. The van der Waals surface area contributed by atoms with Crippen molar-refractivity contribution in [1.29, 1.82) is 0 Å². The first-order chi connectivity index (χ1) is 7.02. The third-order valence-corrected chi connectivity index (χ3v) is 1.85. The fourth-order valence-electron chi connectivity index (χ4n) is 0.905. The molecule has 1 aromatic carbocycles. The third kappa shape index (κ3) is 2.92. The van der Waals surface area contributed by atoms with Gasteiger partial charge >= 0.3 is 5.97 Å². The molecule has 0 bridgehead atoms. The zero-order chi connectivity index (χ0) is 11.4. The van der Waals surface area contributed by atoms with Gasteiger partial charge < -0.3 is 4.74 Å². The number of benzene rings is 1. The van der Waals surface area contributed by atoms with E-state index in [-0.39, 0.29) is 16.9 Å². The molecule has 0 aromatic heterocycles. The molecular weight excluding hydrogens is 216 g/mol. The fourth-order valence-corrected chi connectivity index (χ4v) is 1.06. The van der Waals surface area contributed by atoms with Crippen LogP contribution in [0, 0.1) is 0 Å². The molecule has 0 radical (unpaired) electrons. The Morgan fingerprint density at radius 2 is 1.93 bits per heavy atom. The zero-order valence-electron chi connectivity index (χ0n) is 8.12. The summed E-state index contributed by atoms with van der Waals surface area (Å²) in [5, 5.41) is -0.667. The topological polar surface area (TPSA) is 43.4 Å². The van der Waals surface area contributed by atoms with Crippen LogP contribution in [0.2, 0.25) is 0 Å². The van der Waals surface area contributed by atoms with E-state index < -0.39 is 11.2 Å². The monoisotopic (exact) mass is 224 g/mol. The third-order valence-electron chi connectivity index (χ3n) is 1.65. The Bertz CT molecular complexity index is 424. The number of rotatable bonds is 3. The number of halogens is 1. The summed E-state index contributed by atoms with van der Waals surface area (Å²) in [6, 6.07) is 6.25. The number of carbonyl (C=O) groups excluding carboxylic acids is 2. The van der Waals surface area contributed by atoms with Crippen molar-refractivity contribution in [2.45, 2.75) is 6.92 Å². The second kappa shape index (κ2) is 4.75. The van der Waals surface area contributed by atoms with Crippen LogP contribution in [-0.4, -0.2) is 11.2 Å². The molecule has 0 amide bonds. The Hall–Kier alpha value is -1.61. The molecule has 4 heteroatoms. The average molecular weight is 225 g/mol. The van der Waals surface area contributed by atoms with Crippen molar-refractivity contribution in [3.8, 4) is 5.75 Å². The molecule has 0 aliphatic rings. The van der Waals surface area contributed by atoms with Gasteiger partial charge in [-0.1, -0.05) is 18.7 Å². The summed E-state index contributed by atoms with van der Waals surface area (Å²) in [5.74, 6) is -0.439. The predicted octanol–water partition coefficient (Wildman–Crippen LogP) is 2.55. The molecule has 0 aliphatic heterocycles. The van der Waals surface area contributed by atoms with Crippen LogP contribution >= 0.6 is 11.6 Å². The van der Waals surface area contributed by atoms with Crippen molar-refractivity contribution in [2.24, 2.45) is 0 Å². The molecule has 1 rings (SSSR count). The van der Waals surface area contributed by atoms with Crippen LogP contribution in [0.25, 0.3) is 0 Å². The Morgan fingerprint density at radius 3 is 2.47 bits per heavy atom. The Kier molecular flexibility index (Phi) is 3.63. The lowest BCUT2D eigenvalue weighted by atomic mass is 10.2. The molecule has 0 N–H and O–H groups in total. The van der Waals surface area contributed by atoms with Gasteiger partial charge in [-0.3, -0.25) is 4.79 Å². The van der Waals surface area contributed by atoms with E-state index in [1.54, 1.807) is 12.1 Å². The molecule has 0 spiro atoms. The molecule has 0 saturated carbocycles. The smallest absolute Gasteiger partial charge is 0.338 e. The number of hydrogen-bond donors (Lipinski definition) is 0. The quantitative estimate of drug-likeness (QED) is 0.343. The fraction of sp³-hybridized carbons (Fsp3) is 0.0909.